The zero-order valence-corrected chi connectivity index (χ0v) is 15.0. The number of anilines is 1. The van der Waals surface area contributed by atoms with E-state index in [0.29, 0.717) is 12.2 Å². The van der Waals surface area contributed by atoms with Crippen LogP contribution in [-0.2, 0) is 6.18 Å². The molecule has 27 heavy (non-hydrogen) atoms. The second-order valence-corrected chi connectivity index (χ2v) is 6.53. The molecule has 1 unspecified atom stereocenters. The van der Waals surface area contributed by atoms with Crippen LogP contribution in [0.1, 0.15) is 42.9 Å². The van der Waals surface area contributed by atoms with E-state index in [1.807, 2.05) is 30.2 Å². The molecule has 3 nitrogen and oxygen atoms in total. The van der Waals surface area contributed by atoms with Gasteiger partial charge in [0.05, 0.1) is 17.2 Å². The molecule has 0 N–H and O–H groups in total. The fourth-order valence-electron chi connectivity index (χ4n) is 3.64. The zero-order chi connectivity index (χ0) is 19.4. The van der Waals surface area contributed by atoms with Crippen molar-refractivity contribution < 1.29 is 13.2 Å². The number of hydrogen-bond donors (Lipinski definition) is 0. The van der Waals surface area contributed by atoms with E-state index >= 15 is 0 Å². The van der Waals surface area contributed by atoms with Crippen molar-refractivity contribution in [2.75, 3.05) is 11.4 Å². The lowest BCUT2D eigenvalue weighted by molar-refractivity contribution is -0.137. The smallest absolute Gasteiger partial charge is 0.368 e. The third kappa shape index (κ3) is 4.13. The Morgan fingerprint density at radius 2 is 2.11 bits per heavy atom. The SMILES string of the molecule is CCN(c1ccc(C#N)c(C(F)(F)F)c1)C1CCC=C(c2cccnc2)C1. The Kier molecular flexibility index (Phi) is 5.50. The summed E-state index contributed by atoms with van der Waals surface area (Å²) in [6, 6.07) is 9.60. The molecule has 1 aliphatic rings. The second kappa shape index (κ2) is 7.83. The number of benzene rings is 1. The van der Waals surface area contributed by atoms with Gasteiger partial charge in [-0.05, 0) is 61.6 Å². The van der Waals surface area contributed by atoms with Gasteiger partial charge in [0.1, 0.15) is 0 Å². The predicted octanol–water partition coefficient (Wildman–Crippen LogP) is 5.43. The number of hydrogen-bond acceptors (Lipinski definition) is 3. The van der Waals surface area contributed by atoms with Crippen molar-refractivity contribution in [3.63, 3.8) is 0 Å². The molecule has 0 radical (unpaired) electrons. The number of halogens is 3. The average molecular weight is 371 g/mol. The summed E-state index contributed by atoms with van der Waals surface area (Å²) in [4.78, 5) is 6.16. The van der Waals surface area contributed by atoms with Crippen LogP contribution in [0.4, 0.5) is 18.9 Å². The monoisotopic (exact) mass is 371 g/mol. The van der Waals surface area contributed by atoms with Crippen molar-refractivity contribution in [3.8, 4) is 6.07 Å². The van der Waals surface area contributed by atoms with Crippen LogP contribution < -0.4 is 4.90 Å². The number of rotatable bonds is 4. The molecule has 0 spiro atoms. The van der Waals surface area contributed by atoms with E-state index in [9.17, 15) is 13.2 Å². The van der Waals surface area contributed by atoms with E-state index in [1.165, 1.54) is 11.6 Å². The van der Waals surface area contributed by atoms with Crippen LogP contribution in [0.2, 0.25) is 0 Å². The topological polar surface area (TPSA) is 39.9 Å². The number of allylic oxidation sites excluding steroid dienone is 1. The Morgan fingerprint density at radius 3 is 2.74 bits per heavy atom. The third-order valence-electron chi connectivity index (χ3n) is 4.92. The molecule has 0 saturated carbocycles. The van der Waals surface area contributed by atoms with Crippen molar-refractivity contribution in [2.24, 2.45) is 0 Å². The highest BCUT2D eigenvalue weighted by molar-refractivity contribution is 5.67. The van der Waals surface area contributed by atoms with Crippen LogP contribution in [0.5, 0.6) is 0 Å². The number of alkyl halides is 3. The first-order valence-electron chi connectivity index (χ1n) is 8.91. The van der Waals surface area contributed by atoms with Gasteiger partial charge in [0, 0.05) is 30.7 Å². The van der Waals surface area contributed by atoms with Crippen LogP contribution in [0.15, 0.2) is 48.8 Å². The minimum Gasteiger partial charge on any atom is -0.368 e. The molecular formula is C21H20F3N3. The molecule has 1 atom stereocenters. The third-order valence-corrected chi connectivity index (χ3v) is 4.92. The van der Waals surface area contributed by atoms with Crippen molar-refractivity contribution >= 4 is 11.3 Å². The minimum absolute atomic E-state index is 0.101. The maximum Gasteiger partial charge on any atom is 0.417 e. The Hall–Kier alpha value is -2.81. The molecule has 0 saturated heterocycles. The second-order valence-electron chi connectivity index (χ2n) is 6.53. The van der Waals surface area contributed by atoms with Crippen molar-refractivity contribution in [1.82, 2.24) is 4.98 Å². The fraction of sp³-hybridized carbons (Fsp3) is 0.333. The van der Waals surface area contributed by atoms with Gasteiger partial charge in [0.25, 0.3) is 0 Å². The maximum atomic E-state index is 13.3. The van der Waals surface area contributed by atoms with Gasteiger partial charge in [0.15, 0.2) is 0 Å². The molecule has 0 fully saturated rings. The zero-order valence-electron chi connectivity index (χ0n) is 15.0. The lowest BCUT2D eigenvalue weighted by Crippen LogP contribution is -2.36. The largest absolute Gasteiger partial charge is 0.417 e. The molecule has 1 aromatic carbocycles. The first-order valence-corrected chi connectivity index (χ1v) is 8.91. The van der Waals surface area contributed by atoms with Crippen LogP contribution in [0.3, 0.4) is 0 Å². The number of nitrogens with zero attached hydrogens (tertiary/aromatic N) is 3. The maximum absolute atomic E-state index is 13.3. The van der Waals surface area contributed by atoms with E-state index in [2.05, 4.69) is 11.1 Å². The summed E-state index contributed by atoms with van der Waals surface area (Å²) in [6.45, 7) is 2.53. The molecule has 0 bridgehead atoms. The first kappa shape index (κ1) is 19.0. The van der Waals surface area contributed by atoms with Crippen LogP contribution >= 0.6 is 0 Å². The van der Waals surface area contributed by atoms with Crippen LogP contribution in [0, 0.1) is 11.3 Å². The molecule has 0 amide bonds. The summed E-state index contributed by atoms with van der Waals surface area (Å²) in [5.74, 6) is 0. The molecule has 2 aromatic rings. The quantitative estimate of drug-likeness (QED) is 0.719. The van der Waals surface area contributed by atoms with Crippen LogP contribution in [-0.4, -0.2) is 17.6 Å². The highest BCUT2D eigenvalue weighted by atomic mass is 19.4. The lowest BCUT2D eigenvalue weighted by atomic mass is 9.89. The molecular weight excluding hydrogens is 351 g/mol. The van der Waals surface area contributed by atoms with Crippen molar-refractivity contribution in [3.05, 3.63) is 65.5 Å². The molecule has 0 aliphatic heterocycles. The Bertz CT molecular complexity index is 866. The molecule has 1 heterocycles. The molecule has 6 heteroatoms. The van der Waals surface area contributed by atoms with E-state index in [4.69, 9.17) is 5.26 Å². The Morgan fingerprint density at radius 1 is 1.30 bits per heavy atom. The molecule has 140 valence electrons. The van der Waals surface area contributed by atoms with Gasteiger partial charge >= 0.3 is 6.18 Å². The van der Waals surface area contributed by atoms with E-state index in [0.717, 1.165) is 30.9 Å². The van der Waals surface area contributed by atoms with Crippen molar-refractivity contribution in [1.29, 1.82) is 5.26 Å². The highest BCUT2D eigenvalue weighted by Crippen LogP contribution is 2.37. The summed E-state index contributed by atoms with van der Waals surface area (Å²) in [6.07, 6.45) is 3.66. The molecule has 3 rings (SSSR count). The van der Waals surface area contributed by atoms with E-state index in [-0.39, 0.29) is 11.6 Å². The van der Waals surface area contributed by atoms with Gasteiger partial charge in [-0.1, -0.05) is 12.1 Å². The summed E-state index contributed by atoms with van der Waals surface area (Å²) in [7, 11) is 0. The van der Waals surface area contributed by atoms with Crippen LogP contribution in [0.25, 0.3) is 5.57 Å². The summed E-state index contributed by atoms with van der Waals surface area (Å²) in [5, 5.41) is 9.00. The standard InChI is InChI=1S/C21H20F3N3/c1-2-27(19-9-8-16(13-25)20(12-19)21(22,23)24)18-7-3-5-15(11-18)17-6-4-10-26-14-17/h4-6,8-10,12,14,18H,2-3,7,11H2,1H3. The van der Waals surface area contributed by atoms with Gasteiger partial charge < -0.3 is 4.90 Å². The molecule has 1 aliphatic carbocycles. The highest BCUT2D eigenvalue weighted by Gasteiger charge is 2.34. The number of pyridine rings is 1. The van der Waals surface area contributed by atoms with Gasteiger partial charge in [-0.2, -0.15) is 18.4 Å². The van der Waals surface area contributed by atoms with Gasteiger partial charge in [-0.3, -0.25) is 4.98 Å². The Balaban J connectivity index is 1.90. The van der Waals surface area contributed by atoms with Crippen molar-refractivity contribution in [2.45, 2.75) is 38.4 Å². The lowest BCUT2D eigenvalue weighted by Gasteiger charge is -2.36. The minimum atomic E-state index is -4.55. The average Bonchev–Trinajstić information content (AvgIpc) is 2.69. The Labute approximate surface area is 156 Å². The van der Waals surface area contributed by atoms with E-state index < -0.39 is 11.7 Å². The summed E-state index contributed by atoms with van der Waals surface area (Å²) in [5.41, 5.74) is 1.50. The predicted molar refractivity (Wildman–Crippen MR) is 99.0 cm³/mol. The fourth-order valence-corrected chi connectivity index (χ4v) is 3.64. The van der Waals surface area contributed by atoms with Gasteiger partial charge in [-0.15, -0.1) is 0 Å². The number of aromatic nitrogens is 1. The normalized spacial score (nSPS) is 17.1. The van der Waals surface area contributed by atoms with E-state index in [1.54, 1.807) is 18.3 Å². The first-order chi connectivity index (χ1) is 12.9. The number of nitriles is 1. The summed E-state index contributed by atoms with van der Waals surface area (Å²) >= 11 is 0. The van der Waals surface area contributed by atoms with Gasteiger partial charge in [0.2, 0.25) is 0 Å². The molecule has 1 aromatic heterocycles. The van der Waals surface area contributed by atoms with Gasteiger partial charge in [-0.25, -0.2) is 0 Å². The summed E-state index contributed by atoms with van der Waals surface area (Å²) < 4.78 is 40.0.